The summed E-state index contributed by atoms with van der Waals surface area (Å²) >= 11 is 0. The molecule has 1 heterocycles. The molecule has 0 atom stereocenters. The Hall–Kier alpha value is -1.36. The van der Waals surface area contributed by atoms with Crippen LogP contribution in [0.1, 0.15) is 45.4 Å². The van der Waals surface area contributed by atoms with Gasteiger partial charge in [-0.05, 0) is 75.3 Å². The first-order valence-corrected chi connectivity index (χ1v) is 9.85. The summed E-state index contributed by atoms with van der Waals surface area (Å²) in [6, 6.07) is 8.13. The minimum absolute atomic E-state index is 0. The van der Waals surface area contributed by atoms with Gasteiger partial charge in [0.25, 0.3) is 0 Å². The lowest BCUT2D eigenvalue weighted by molar-refractivity contribution is -0.144. The van der Waals surface area contributed by atoms with E-state index in [-0.39, 0.29) is 22.4 Å². The molecule has 4 saturated carbocycles. The number of carbonyl (C=O) groups excluding carboxylic acids is 1. The van der Waals surface area contributed by atoms with E-state index < -0.39 is 0 Å². The van der Waals surface area contributed by atoms with E-state index in [2.05, 4.69) is 13.0 Å². The average molecular weight is 417 g/mol. The number of imidazole rings is 1. The number of carbonyl (C=O) groups is 1. The largest absolute Gasteiger partial charge is 1.00 e. The first-order valence-electron chi connectivity index (χ1n) is 9.85. The Labute approximate surface area is 164 Å². The topological polar surface area (TPSA) is 50.8 Å². The average Bonchev–Trinajstić information content (AvgIpc) is 2.85. The number of halogens is 1. The molecule has 0 amide bonds. The molecule has 26 heavy (non-hydrogen) atoms. The second kappa shape index (κ2) is 6.36. The third-order valence-electron chi connectivity index (χ3n) is 7.22. The number of aromatic nitrogens is 2. The van der Waals surface area contributed by atoms with E-state index in [0.29, 0.717) is 17.9 Å². The Kier molecular flexibility index (Phi) is 4.41. The lowest BCUT2D eigenvalue weighted by Crippen LogP contribution is -3.00. The van der Waals surface area contributed by atoms with E-state index >= 15 is 0 Å². The Balaban J connectivity index is 0.00000168. The van der Waals surface area contributed by atoms with Gasteiger partial charge in [-0.1, -0.05) is 12.1 Å². The number of benzene rings is 1. The van der Waals surface area contributed by atoms with Crippen molar-refractivity contribution in [2.45, 2.75) is 58.5 Å². The summed E-state index contributed by atoms with van der Waals surface area (Å²) in [5.74, 6) is 2.75. The number of nitrogens with zero attached hydrogens (tertiary/aromatic N) is 2. The minimum atomic E-state index is -0.0798. The van der Waals surface area contributed by atoms with E-state index in [1.54, 1.807) is 0 Å². The summed E-state index contributed by atoms with van der Waals surface area (Å²) < 4.78 is 3.95. The standard InChI is InChI=1S/C21H27N3O.BrH/c1-2-23-17-5-3-4-6-18(17)24(20(23)22)13-19(25)21-10-14-7-15(11-21)9-16(8-14)12-21;/h3-6,14-16,22H,2,7-13H2,1H3;1H/p-1. The van der Waals surface area contributed by atoms with Crippen LogP contribution < -0.4 is 22.6 Å². The van der Waals surface area contributed by atoms with Gasteiger partial charge < -0.3 is 26.1 Å². The predicted octanol–water partition coefficient (Wildman–Crippen LogP) is 0.732. The van der Waals surface area contributed by atoms with Crippen molar-refractivity contribution < 1.29 is 21.8 Å². The van der Waals surface area contributed by atoms with Crippen molar-refractivity contribution in [1.29, 1.82) is 5.41 Å². The van der Waals surface area contributed by atoms with Gasteiger partial charge in [-0.2, -0.15) is 0 Å². The first-order chi connectivity index (χ1) is 12.1. The van der Waals surface area contributed by atoms with Gasteiger partial charge >= 0.3 is 0 Å². The van der Waals surface area contributed by atoms with Crippen molar-refractivity contribution in [3.63, 3.8) is 0 Å². The molecular formula is C21H27BrN3O-. The molecule has 4 bridgehead atoms. The SMILES string of the molecule is CCn1c(=N)n(CC(=O)C23CC4CC(CC(C4)C2)C3)c2ccccc21.[Br-]. The quantitative estimate of drug-likeness (QED) is 0.784. The van der Waals surface area contributed by atoms with Gasteiger partial charge in [0.05, 0.1) is 17.6 Å². The fraction of sp³-hybridized carbons (Fsp3) is 0.619. The molecule has 6 rings (SSSR count). The van der Waals surface area contributed by atoms with Crippen LogP contribution in [0.3, 0.4) is 0 Å². The van der Waals surface area contributed by atoms with Crippen molar-refractivity contribution in [2.75, 3.05) is 0 Å². The molecule has 2 aromatic rings. The molecule has 0 aliphatic heterocycles. The van der Waals surface area contributed by atoms with Gasteiger partial charge in [0, 0.05) is 12.0 Å². The van der Waals surface area contributed by atoms with Crippen LogP contribution in [0.2, 0.25) is 0 Å². The third-order valence-corrected chi connectivity index (χ3v) is 7.22. The molecule has 4 aliphatic carbocycles. The van der Waals surface area contributed by atoms with Crippen LogP contribution in [0.4, 0.5) is 0 Å². The van der Waals surface area contributed by atoms with Gasteiger partial charge in [-0.15, -0.1) is 0 Å². The summed E-state index contributed by atoms with van der Waals surface area (Å²) in [5.41, 5.74) is 2.46. The van der Waals surface area contributed by atoms with Crippen molar-refractivity contribution in [1.82, 2.24) is 9.13 Å². The maximum atomic E-state index is 13.4. The number of para-hydroxylation sites is 2. The highest BCUT2D eigenvalue weighted by Gasteiger charge is 2.54. The Bertz CT molecular complexity index is 874. The highest BCUT2D eigenvalue weighted by Crippen LogP contribution is 2.60. The summed E-state index contributed by atoms with van der Waals surface area (Å²) in [6.45, 7) is 3.20. The molecule has 1 aromatic carbocycles. The number of nitrogens with one attached hydrogen (secondary N) is 1. The van der Waals surface area contributed by atoms with Gasteiger partial charge in [0.1, 0.15) is 0 Å². The van der Waals surface area contributed by atoms with Crippen LogP contribution in [0.15, 0.2) is 24.3 Å². The van der Waals surface area contributed by atoms with E-state index in [0.717, 1.165) is 54.6 Å². The van der Waals surface area contributed by atoms with Crippen LogP contribution in [0.25, 0.3) is 11.0 Å². The zero-order valence-electron chi connectivity index (χ0n) is 15.4. The van der Waals surface area contributed by atoms with Crippen molar-refractivity contribution in [3.8, 4) is 0 Å². The summed E-state index contributed by atoms with van der Waals surface area (Å²) in [7, 11) is 0. The van der Waals surface area contributed by atoms with Gasteiger partial charge in [-0.25, -0.2) is 0 Å². The zero-order chi connectivity index (χ0) is 17.2. The maximum absolute atomic E-state index is 13.4. The number of Topliss-reactive ketones (excluding diaryl/α,β-unsaturated/α-hetero) is 1. The molecule has 0 saturated heterocycles. The van der Waals surface area contributed by atoms with E-state index in [1.807, 2.05) is 27.3 Å². The Morgan fingerprint density at radius 3 is 2.04 bits per heavy atom. The molecule has 4 aliphatic rings. The number of hydrogen-bond acceptors (Lipinski definition) is 2. The highest BCUT2D eigenvalue weighted by atomic mass is 79.9. The van der Waals surface area contributed by atoms with Crippen LogP contribution in [-0.2, 0) is 17.9 Å². The first kappa shape index (κ1) is 18.0. The van der Waals surface area contributed by atoms with Crippen molar-refractivity contribution in [2.24, 2.45) is 23.2 Å². The number of aryl methyl sites for hydroxylation is 1. The molecule has 0 radical (unpaired) electrons. The summed E-state index contributed by atoms with van der Waals surface area (Å²) in [5, 5.41) is 8.58. The Morgan fingerprint density at radius 2 is 1.54 bits per heavy atom. The van der Waals surface area contributed by atoms with Gasteiger partial charge in [0.15, 0.2) is 5.78 Å². The van der Waals surface area contributed by atoms with Gasteiger partial charge in [0.2, 0.25) is 5.62 Å². The zero-order valence-corrected chi connectivity index (χ0v) is 17.0. The summed E-state index contributed by atoms with van der Waals surface area (Å²) in [4.78, 5) is 13.4. The van der Waals surface area contributed by atoms with Crippen molar-refractivity contribution >= 4 is 16.8 Å². The number of ketones is 1. The van der Waals surface area contributed by atoms with Crippen LogP contribution in [-0.4, -0.2) is 14.9 Å². The highest BCUT2D eigenvalue weighted by molar-refractivity contribution is 5.87. The molecule has 4 nitrogen and oxygen atoms in total. The van der Waals surface area contributed by atoms with Crippen LogP contribution >= 0.6 is 0 Å². The molecular weight excluding hydrogens is 390 g/mol. The fourth-order valence-electron chi connectivity index (χ4n) is 6.54. The second-order valence-electron chi connectivity index (χ2n) is 8.76. The monoisotopic (exact) mass is 416 g/mol. The molecule has 140 valence electrons. The van der Waals surface area contributed by atoms with Crippen LogP contribution in [0, 0.1) is 28.6 Å². The van der Waals surface area contributed by atoms with E-state index in [4.69, 9.17) is 5.41 Å². The van der Waals surface area contributed by atoms with E-state index in [1.165, 1.54) is 19.3 Å². The molecule has 1 aromatic heterocycles. The fourth-order valence-corrected chi connectivity index (χ4v) is 6.54. The lowest BCUT2D eigenvalue weighted by atomic mass is 9.48. The molecule has 0 unspecified atom stereocenters. The number of rotatable bonds is 4. The lowest BCUT2D eigenvalue weighted by Gasteiger charge is -2.56. The smallest absolute Gasteiger partial charge is 0.203 e. The van der Waals surface area contributed by atoms with Crippen molar-refractivity contribution in [3.05, 3.63) is 29.9 Å². The summed E-state index contributed by atoms with van der Waals surface area (Å²) in [6.07, 6.45) is 7.41. The number of fused-ring (bicyclic) bond motifs is 1. The van der Waals surface area contributed by atoms with E-state index in [9.17, 15) is 4.79 Å². The predicted molar refractivity (Wildman–Crippen MR) is 97.1 cm³/mol. The maximum Gasteiger partial charge on any atom is 0.203 e. The third kappa shape index (κ3) is 2.54. The Morgan fingerprint density at radius 1 is 1.04 bits per heavy atom. The van der Waals surface area contributed by atoms with Gasteiger partial charge in [-0.3, -0.25) is 10.2 Å². The molecule has 1 N–H and O–H groups in total. The molecule has 5 heteroatoms. The minimum Gasteiger partial charge on any atom is -1.00 e. The second-order valence-corrected chi connectivity index (χ2v) is 8.76. The number of hydrogen-bond donors (Lipinski definition) is 1. The molecule has 4 fully saturated rings. The normalized spacial score (nSPS) is 32.0. The molecule has 0 spiro atoms. The van der Waals surface area contributed by atoms with Crippen LogP contribution in [0.5, 0.6) is 0 Å².